The molecule has 3 atom stereocenters. The Kier molecular flexibility index (Phi) is 10.6. The molecule has 3 nitrogen and oxygen atoms in total. The summed E-state index contributed by atoms with van der Waals surface area (Å²) in [6, 6.07) is 2.35. The van der Waals surface area contributed by atoms with Gasteiger partial charge in [0.2, 0.25) is 0 Å². The third kappa shape index (κ3) is 9.78. The number of rotatable bonds is 12. The first-order chi connectivity index (χ1) is 13.4. The first kappa shape index (κ1) is 26.4. The Bertz CT molecular complexity index is 669. The van der Waals surface area contributed by atoms with Crippen LogP contribution < -0.4 is 0 Å². The molecule has 1 aliphatic heterocycles. The molecular weight excluding hydrogens is 442 g/mol. The van der Waals surface area contributed by atoms with E-state index in [2.05, 4.69) is 94.5 Å². The molecule has 0 aromatic heterocycles. The van der Waals surface area contributed by atoms with Gasteiger partial charge in [0.05, 0.1) is 12.2 Å². The van der Waals surface area contributed by atoms with Crippen molar-refractivity contribution in [2.45, 2.75) is 97.8 Å². The molecule has 5 heteroatoms. The Morgan fingerprint density at radius 1 is 1.21 bits per heavy atom. The van der Waals surface area contributed by atoms with Gasteiger partial charge in [-0.25, -0.2) is 0 Å². The van der Waals surface area contributed by atoms with Gasteiger partial charge in [-0.05, 0) is 77.6 Å². The van der Waals surface area contributed by atoms with Gasteiger partial charge in [-0.3, -0.25) is 0 Å². The highest BCUT2D eigenvalue weighted by atomic mass is 79.9. The van der Waals surface area contributed by atoms with Crippen LogP contribution in [0.2, 0.25) is 19.6 Å². The summed E-state index contributed by atoms with van der Waals surface area (Å²) in [5.41, 5.74) is 3.90. The lowest BCUT2D eigenvalue weighted by Gasteiger charge is -2.25. The molecule has 164 valence electrons. The van der Waals surface area contributed by atoms with E-state index in [0.29, 0.717) is 6.10 Å². The maximum Gasteiger partial charge on any atom is 0.185 e. The Morgan fingerprint density at radius 3 is 2.34 bits per heavy atom. The summed E-state index contributed by atoms with van der Waals surface area (Å²) in [5, 5.41) is 10.5. The van der Waals surface area contributed by atoms with Crippen LogP contribution in [-0.4, -0.2) is 31.5 Å². The van der Waals surface area contributed by atoms with Crippen LogP contribution in [0.4, 0.5) is 0 Å². The van der Waals surface area contributed by atoms with Gasteiger partial charge in [0, 0.05) is 5.33 Å². The third-order valence-electron chi connectivity index (χ3n) is 5.25. The average molecular weight is 483 g/mol. The number of ether oxygens (including phenoxy) is 1. The summed E-state index contributed by atoms with van der Waals surface area (Å²) in [6.07, 6.45) is 10.9. The van der Waals surface area contributed by atoms with Crippen LogP contribution in [0.25, 0.3) is 0 Å². The van der Waals surface area contributed by atoms with E-state index >= 15 is 0 Å². The normalized spacial score (nSPS) is 24.6. The van der Waals surface area contributed by atoms with E-state index < -0.39 is 14.4 Å². The quantitative estimate of drug-likeness (QED) is 0.0963. The van der Waals surface area contributed by atoms with Gasteiger partial charge >= 0.3 is 0 Å². The highest BCUT2D eigenvalue weighted by Gasteiger charge is 2.50. The zero-order valence-corrected chi connectivity index (χ0v) is 22.2. The van der Waals surface area contributed by atoms with E-state index in [1.165, 1.54) is 11.1 Å². The third-order valence-corrected chi connectivity index (χ3v) is 7.31. The summed E-state index contributed by atoms with van der Waals surface area (Å²) in [6.45, 7) is 17.2. The molecule has 0 radical (unpaired) electrons. The van der Waals surface area contributed by atoms with Crippen molar-refractivity contribution < 1.29 is 9.16 Å². The SMILES string of the molecule is C/C(=C\C=C(\C(C)C)C(C#N)O[Si](C)(C)C)CC/C=C(\C)CC[C@@H]1O[C@]1(C)CBr. The first-order valence-corrected chi connectivity index (χ1v) is 15.3. The lowest BCUT2D eigenvalue weighted by atomic mass is 9.97. The second kappa shape index (κ2) is 11.6. The fourth-order valence-electron chi connectivity index (χ4n) is 3.21. The number of allylic oxidation sites excluding steroid dienone is 5. The van der Waals surface area contributed by atoms with Crippen molar-refractivity contribution in [3.63, 3.8) is 0 Å². The van der Waals surface area contributed by atoms with E-state index in [9.17, 15) is 5.26 Å². The van der Waals surface area contributed by atoms with Crippen LogP contribution in [0, 0.1) is 17.2 Å². The molecule has 0 aromatic carbocycles. The lowest BCUT2D eigenvalue weighted by molar-refractivity contribution is 0.271. The molecular formula is C24H40BrNO2Si. The van der Waals surface area contributed by atoms with Crippen molar-refractivity contribution >= 4 is 24.2 Å². The monoisotopic (exact) mass is 481 g/mol. The second-order valence-corrected chi connectivity index (χ2v) is 14.8. The predicted molar refractivity (Wildman–Crippen MR) is 130 cm³/mol. The standard InChI is InChI=1S/C24H40BrNO2Si/c1-18(2)21(22(16-26)28-29(6,7)8)14-12-19(3)10-9-11-20(4)13-15-23-24(5,17-25)27-23/h11-12,14,18,22-23H,9-10,13,15,17H2,1-8H3/b19-12+,20-11+,21-14-/t22?,23-,24+/m0/s1. The van der Waals surface area contributed by atoms with Gasteiger partial charge in [0.1, 0.15) is 5.60 Å². The van der Waals surface area contributed by atoms with Crippen molar-refractivity contribution in [1.29, 1.82) is 5.26 Å². The van der Waals surface area contributed by atoms with Gasteiger partial charge in [0.25, 0.3) is 0 Å². The summed E-state index contributed by atoms with van der Waals surface area (Å²) >= 11 is 3.52. The summed E-state index contributed by atoms with van der Waals surface area (Å²) < 4.78 is 11.8. The molecule has 0 N–H and O–H groups in total. The molecule has 0 amide bonds. The van der Waals surface area contributed by atoms with Gasteiger partial charge in [-0.2, -0.15) is 5.26 Å². The molecule has 1 rings (SSSR count). The molecule has 1 unspecified atom stereocenters. The topological polar surface area (TPSA) is 45.5 Å². The Balaban J connectivity index is 2.58. The zero-order valence-electron chi connectivity index (χ0n) is 19.6. The number of halogens is 1. The predicted octanol–water partition coefficient (Wildman–Crippen LogP) is 7.32. The number of hydrogen-bond donors (Lipinski definition) is 0. The Labute approximate surface area is 188 Å². The Morgan fingerprint density at radius 2 is 1.86 bits per heavy atom. The van der Waals surface area contributed by atoms with Crippen molar-refractivity contribution in [2.24, 2.45) is 5.92 Å². The van der Waals surface area contributed by atoms with E-state index in [0.717, 1.165) is 36.6 Å². The summed E-state index contributed by atoms with van der Waals surface area (Å²) in [4.78, 5) is 0. The highest BCUT2D eigenvalue weighted by Crippen LogP contribution is 2.41. The zero-order chi connectivity index (χ0) is 22.2. The number of hydrogen-bond acceptors (Lipinski definition) is 3. The first-order valence-electron chi connectivity index (χ1n) is 10.8. The molecule has 0 aliphatic carbocycles. The van der Waals surface area contributed by atoms with Crippen LogP contribution in [-0.2, 0) is 9.16 Å². The van der Waals surface area contributed by atoms with Gasteiger partial charge in [-0.1, -0.05) is 59.2 Å². The second-order valence-electron chi connectivity index (χ2n) is 9.75. The molecule has 0 aromatic rings. The minimum Gasteiger partial charge on any atom is -0.399 e. The maximum absolute atomic E-state index is 9.58. The van der Waals surface area contributed by atoms with Crippen LogP contribution in [0.3, 0.4) is 0 Å². The molecule has 0 bridgehead atoms. The van der Waals surface area contributed by atoms with Gasteiger partial charge in [-0.15, -0.1) is 0 Å². The van der Waals surface area contributed by atoms with Crippen molar-refractivity contribution in [2.75, 3.05) is 5.33 Å². The van der Waals surface area contributed by atoms with Crippen LogP contribution in [0.5, 0.6) is 0 Å². The van der Waals surface area contributed by atoms with Crippen LogP contribution in [0.1, 0.15) is 60.3 Å². The van der Waals surface area contributed by atoms with E-state index in [-0.39, 0.29) is 11.5 Å². The molecule has 29 heavy (non-hydrogen) atoms. The molecule has 0 spiro atoms. The van der Waals surface area contributed by atoms with Gasteiger partial charge < -0.3 is 9.16 Å². The van der Waals surface area contributed by atoms with Gasteiger partial charge in [0.15, 0.2) is 14.4 Å². The number of nitrogens with zero attached hydrogens (tertiary/aromatic N) is 1. The summed E-state index contributed by atoms with van der Waals surface area (Å²) in [5.74, 6) is 0.289. The molecule has 1 saturated heterocycles. The molecule has 1 aliphatic rings. The molecule has 1 fully saturated rings. The van der Waals surface area contributed by atoms with Crippen molar-refractivity contribution in [1.82, 2.24) is 0 Å². The number of alkyl halides is 1. The average Bonchev–Trinajstić information content (AvgIpc) is 3.28. The lowest BCUT2D eigenvalue weighted by Crippen LogP contribution is -2.33. The number of epoxide rings is 1. The fraction of sp³-hybridized carbons (Fsp3) is 0.708. The fourth-order valence-corrected chi connectivity index (χ4v) is 4.60. The summed E-state index contributed by atoms with van der Waals surface area (Å²) in [7, 11) is -1.77. The molecule has 0 saturated carbocycles. The minimum atomic E-state index is -1.77. The molecule has 1 heterocycles. The highest BCUT2D eigenvalue weighted by molar-refractivity contribution is 9.09. The maximum atomic E-state index is 9.58. The smallest absolute Gasteiger partial charge is 0.185 e. The van der Waals surface area contributed by atoms with Crippen molar-refractivity contribution in [3.8, 4) is 6.07 Å². The van der Waals surface area contributed by atoms with Crippen molar-refractivity contribution in [3.05, 3.63) is 34.9 Å². The largest absolute Gasteiger partial charge is 0.399 e. The number of nitriles is 1. The van der Waals surface area contributed by atoms with E-state index in [1.807, 2.05) is 0 Å². The van der Waals surface area contributed by atoms with E-state index in [4.69, 9.17) is 9.16 Å². The Hall–Kier alpha value is -0.673. The van der Waals surface area contributed by atoms with E-state index in [1.54, 1.807) is 0 Å². The minimum absolute atomic E-state index is 0.0561. The van der Waals surface area contributed by atoms with Crippen LogP contribution >= 0.6 is 15.9 Å². The van der Waals surface area contributed by atoms with Crippen LogP contribution in [0.15, 0.2) is 34.9 Å².